The van der Waals surface area contributed by atoms with Gasteiger partial charge < -0.3 is 14.6 Å². The second-order valence-electron chi connectivity index (χ2n) is 7.01. The molecule has 1 aliphatic heterocycles. The third kappa shape index (κ3) is 3.64. The first-order valence-corrected chi connectivity index (χ1v) is 9.69. The zero-order chi connectivity index (χ0) is 22.0. The van der Waals surface area contributed by atoms with Crippen molar-refractivity contribution in [2.24, 2.45) is 0 Å². The van der Waals surface area contributed by atoms with Crippen LogP contribution in [0.5, 0.6) is 11.5 Å². The summed E-state index contributed by atoms with van der Waals surface area (Å²) in [6.07, 6.45) is 0. The van der Waals surface area contributed by atoms with Crippen LogP contribution in [0.4, 0.5) is 5.69 Å². The molecule has 31 heavy (non-hydrogen) atoms. The average molecular weight is 415 g/mol. The van der Waals surface area contributed by atoms with Crippen molar-refractivity contribution in [2.45, 2.75) is 6.04 Å². The fourth-order valence-corrected chi connectivity index (χ4v) is 3.71. The van der Waals surface area contributed by atoms with Gasteiger partial charge in [0.05, 0.1) is 25.8 Å². The second kappa shape index (κ2) is 8.36. The Morgan fingerprint density at radius 3 is 2.16 bits per heavy atom. The van der Waals surface area contributed by atoms with Crippen molar-refractivity contribution in [2.75, 3.05) is 19.1 Å². The van der Waals surface area contributed by atoms with Crippen molar-refractivity contribution in [3.8, 4) is 11.5 Å². The van der Waals surface area contributed by atoms with Crippen molar-refractivity contribution in [1.82, 2.24) is 0 Å². The maximum absolute atomic E-state index is 13.1. The summed E-state index contributed by atoms with van der Waals surface area (Å²) < 4.78 is 10.5. The highest BCUT2D eigenvalue weighted by atomic mass is 16.5. The van der Waals surface area contributed by atoms with Crippen LogP contribution in [0.2, 0.25) is 0 Å². The Hall–Kier alpha value is -4.06. The monoisotopic (exact) mass is 415 g/mol. The van der Waals surface area contributed by atoms with Crippen LogP contribution in [0.25, 0.3) is 5.76 Å². The van der Waals surface area contributed by atoms with Gasteiger partial charge in [-0.3, -0.25) is 14.5 Å². The van der Waals surface area contributed by atoms with Crippen molar-refractivity contribution < 1.29 is 24.2 Å². The van der Waals surface area contributed by atoms with Crippen LogP contribution in [-0.2, 0) is 9.59 Å². The van der Waals surface area contributed by atoms with E-state index in [4.69, 9.17) is 9.47 Å². The van der Waals surface area contributed by atoms with Crippen LogP contribution in [0, 0.1) is 0 Å². The Kier molecular flexibility index (Phi) is 5.45. The summed E-state index contributed by atoms with van der Waals surface area (Å²) in [6.45, 7) is 0. The lowest BCUT2D eigenvalue weighted by Gasteiger charge is -2.26. The van der Waals surface area contributed by atoms with E-state index in [9.17, 15) is 14.7 Å². The number of benzene rings is 3. The maximum atomic E-state index is 13.1. The van der Waals surface area contributed by atoms with Crippen LogP contribution in [0.3, 0.4) is 0 Å². The minimum absolute atomic E-state index is 0.0317. The molecule has 1 aliphatic rings. The lowest BCUT2D eigenvalue weighted by molar-refractivity contribution is -0.132. The number of anilines is 1. The van der Waals surface area contributed by atoms with Gasteiger partial charge in [0.1, 0.15) is 17.3 Å². The molecular formula is C25H21NO5. The molecule has 1 saturated heterocycles. The number of Topliss-reactive ketones (excluding diaryl/α,β-unsaturated/α-hetero) is 1. The molecule has 1 fully saturated rings. The first-order chi connectivity index (χ1) is 15.0. The smallest absolute Gasteiger partial charge is 0.300 e. The van der Waals surface area contributed by atoms with Gasteiger partial charge >= 0.3 is 0 Å². The van der Waals surface area contributed by atoms with E-state index >= 15 is 0 Å². The van der Waals surface area contributed by atoms with Gasteiger partial charge in [-0.15, -0.1) is 0 Å². The van der Waals surface area contributed by atoms with E-state index in [0.29, 0.717) is 28.3 Å². The number of aliphatic hydroxyl groups is 1. The lowest BCUT2D eigenvalue weighted by Crippen LogP contribution is -2.29. The molecule has 0 bridgehead atoms. The number of aliphatic hydroxyl groups excluding tert-OH is 1. The number of nitrogens with zero attached hydrogens (tertiary/aromatic N) is 1. The Balaban J connectivity index is 1.93. The summed E-state index contributed by atoms with van der Waals surface area (Å²) >= 11 is 0. The zero-order valence-corrected chi connectivity index (χ0v) is 17.1. The molecule has 1 heterocycles. The van der Waals surface area contributed by atoms with E-state index in [0.717, 1.165) is 0 Å². The number of hydrogen-bond acceptors (Lipinski definition) is 5. The molecule has 1 N–H and O–H groups in total. The molecule has 6 nitrogen and oxygen atoms in total. The summed E-state index contributed by atoms with van der Waals surface area (Å²) in [5.41, 5.74) is 1.66. The molecular weight excluding hydrogens is 394 g/mol. The second-order valence-corrected chi connectivity index (χ2v) is 7.01. The van der Waals surface area contributed by atoms with E-state index in [1.807, 2.05) is 6.07 Å². The number of ether oxygens (including phenoxy) is 2. The molecule has 0 spiro atoms. The molecule has 1 amide bonds. The van der Waals surface area contributed by atoms with Gasteiger partial charge in [-0.2, -0.15) is 0 Å². The van der Waals surface area contributed by atoms with E-state index in [1.54, 1.807) is 79.9 Å². The Morgan fingerprint density at radius 2 is 1.52 bits per heavy atom. The highest BCUT2D eigenvalue weighted by Crippen LogP contribution is 2.43. The highest BCUT2D eigenvalue weighted by Gasteiger charge is 2.47. The molecule has 156 valence electrons. The molecule has 0 unspecified atom stereocenters. The number of carbonyl (C=O) groups is 2. The molecule has 0 saturated carbocycles. The van der Waals surface area contributed by atoms with E-state index in [2.05, 4.69) is 0 Å². The van der Waals surface area contributed by atoms with Gasteiger partial charge in [0.25, 0.3) is 11.7 Å². The predicted octanol–water partition coefficient (Wildman–Crippen LogP) is 4.33. The SMILES string of the molecule is COc1ccc([C@H]2C(=C(O)c3ccccc3)C(=O)C(=O)N2c2cccc(OC)c2)cc1. The minimum Gasteiger partial charge on any atom is -0.507 e. The molecule has 6 heteroatoms. The molecule has 0 aliphatic carbocycles. The topological polar surface area (TPSA) is 76.1 Å². The van der Waals surface area contributed by atoms with E-state index < -0.39 is 17.7 Å². The fraction of sp³-hybridized carbons (Fsp3) is 0.120. The number of carbonyl (C=O) groups excluding carboxylic acids is 2. The van der Waals surface area contributed by atoms with Gasteiger partial charge in [0, 0.05) is 17.3 Å². The maximum Gasteiger partial charge on any atom is 0.300 e. The third-order valence-corrected chi connectivity index (χ3v) is 5.25. The fourth-order valence-electron chi connectivity index (χ4n) is 3.71. The van der Waals surface area contributed by atoms with Crippen LogP contribution in [0.15, 0.2) is 84.4 Å². The first kappa shape index (κ1) is 20.2. The standard InChI is InChI=1S/C25H21NO5/c1-30-19-13-11-16(12-14-19)22-21(23(27)17-7-4-3-5-8-17)24(28)25(29)26(22)18-9-6-10-20(15-18)31-2/h3-15,22,27H,1-2H3/t22-/m0/s1. The largest absolute Gasteiger partial charge is 0.507 e. The molecule has 3 aromatic carbocycles. The van der Waals surface area contributed by atoms with Crippen LogP contribution in [0.1, 0.15) is 17.2 Å². The number of amides is 1. The average Bonchev–Trinajstić information content (AvgIpc) is 3.09. The van der Waals surface area contributed by atoms with Gasteiger partial charge in [-0.25, -0.2) is 0 Å². The predicted molar refractivity (Wildman–Crippen MR) is 117 cm³/mol. The Morgan fingerprint density at radius 1 is 0.839 bits per heavy atom. The third-order valence-electron chi connectivity index (χ3n) is 5.25. The van der Waals surface area contributed by atoms with Crippen LogP contribution in [-0.4, -0.2) is 31.0 Å². The first-order valence-electron chi connectivity index (χ1n) is 9.69. The quantitative estimate of drug-likeness (QED) is 0.381. The summed E-state index contributed by atoms with van der Waals surface area (Å²) in [6, 6.07) is 21.9. The normalized spacial score (nSPS) is 17.6. The summed E-state index contributed by atoms with van der Waals surface area (Å²) in [5.74, 6) is -0.484. The molecule has 4 rings (SSSR count). The molecule has 0 radical (unpaired) electrons. The summed E-state index contributed by atoms with van der Waals surface area (Å²) in [5, 5.41) is 11.0. The van der Waals surface area contributed by atoms with Crippen molar-refractivity contribution in [3.05, 3.63) is 95.6 Å². The van der Waals surface area contributed by atoms with Crippen LogP contribution < -0.4 is 14.4 Å². The molecule has 1 atom stereocenters. The summed E-state index contributed by atoms with van der Waals surface area (Å²) in [7, 11) is 3.09. The number of hydrogen-bond donors (Lipinski definition) is 1. The lowest BCUT2D eigenvalue weighted by atomic mass is 9.95. The van der Waals surface area contributed by atoms with Gasteiger partial charge in [-0.05, 0) is 29.8 Å². The highest BCUT2D eigenvalue weighted by molar-refractivity contribution is 6.51. The van der Waals surface area contributed by atoms with Gasteiger partial charge in [0.15, 0.2) is 0 Å². The number of ketones is 1. The Bertz CT molecular complexity index is 1150. The Labute approximate surface area is 180 Å². The van der Waals surface area contributed by atoms with Crippen molar-refractivity contribution >= 4 is 23.1 Å². The molecule has 3 aromatic rings. The minimum atomic E-state index is -0.807. The van der Waals surface area contributed by atoms with E-state index in [1.165, 1.54) is 12.0 Å². The van der Waals surface area contributed by atoms with E-state index in [-0.39, 0.29) is 11.3 Å². The zero-order valence-electron chi connectivity index (χ0n) is 17.1. The number of rotatable bonds is 5. The summed E-state index contributed by atoms with van der Waals surface area (Å²) in [4.78, 5) is 27.6. The van der Waals surface area contributed by atoms with Crippen molar-refractivity contribution in [1.29, 1.82) is 0 Å². The van der Waals surface area contributed by atoms with Gasteiger partial charge in [-0.1, -0.05) is 48.5 Å². The van der Waals surface area contributed by atoms with Gasteiger partial charge in [0.2, 0.25) is 0 Å². The van der Waals surface area contributed by atoms with Crippen molar-refractivity contribution in [3.63, 3.8) is 0 Å². The molecule has 0 aromatic heterocycles. The number of methoxy groups -OCH3 is 2. The van der Waals surface area contributed by atoms with Crippen LogP contribution >= 0.6 is 0 Å².